The highest BCUT2D eigenvalue weighted by molar-refractivity contribution is 5.78. The smallest absolute Gasteiger partial charge is 0.321 e. The minimum atomic E-state index is -0.224. The lowest BCUT2D eigenvalue weighted by Crippen LogP contribution is -2.51. The topological polar surface area (TPSA) is 114 Å². The number of carbonyl (C=O) groups is 2. The first-order chi connectivity index (χ1) is 26.3. The molecule has 3 heterocycles. The fourth-order valence-electron chi connectivity index (χ4n) is 6.80. The largest absolute Gasteiger partial charge is 0.482 e. The molecule has 0 saturated carbocycles. The van der Waals surface area contributed by atoms with Gasteiger partial charge < -0.3 is 25.0 Å². The van der Waals surface area contributed by atoms with E-state index in [2.05, 4.69) is 51.0 Å². The van der Waals surface area contributed by atoms with Gasteiger partial charge in [-0.05, 0) is 60.4 Å². The Morgan fingerprint density at radius 2 is 1.35 bits per heavy atom. The van der Waals surface area contributed by atoms with Gasteiger partial charge in [-0.15, -0.1) is 0 Å². The molecule has 1 aromatic heterocycles. The number of benzene rings is 4. The first-order valence-electron chi connectivity index (χ1n) is 18.3. The van der Waals surface area contributed by atoms with Crippen LogP contribution in [0.15, 0.2) is 116 Å². The summed E-state index contributed by atoms with van der Waals surface area (Å²) in [5.41, 5.74) is 12.0. The zero-order chi connectivity index (χ0) is 37.4. The van der Waals surface area contributed by atoms with Gasteiger partial charge in [-0.1, -0.05) is 96.8 Å². The number of carbonyl (C=O) groups excluding carboxylic acids is 2. The molecular weight excluding hydrogens is 677 g/mol. The van der Waals surface area contributed by atoms with Crippen LogP contribution in [0.4, 0.5) is 4.79 Å². The quantitative estimate of drug-likeness (QED) is 0.141. The lowest BCUT2D eigenvalue weighted by atomic mass is 9.98. The predicted molar refractivity (Wildman–Crippen MR) is 206 cm³/mol. The SMILES string of the molecule is CC(C)N1C(=O)N(Cc2ncnc(OCc3ccccc3)c2OCc2ccccc2)CC1c1ccc(C#Cc2ccc(CN3CC(C(N)=O)C3)cc2)cc1. The van der Waals surface area contributed by atoms with E-state index in [0.29, 0.717) is 50.2 Å². The van der Waals surface area contributed by atoms with Crippen molar-refractivity contribution in [3.63, 3.8) is 0 Å². The molecule has 0 bridgehead atoms. The molecule has 1 atom stereocenters. The van der Waals surface area contributed by atoms with Crippen molar-refractivity contribution in [3.05, 3.63) is 155 Å². The minimum Gasteiger partial charge on any atom is -0.482 e. The lowest BCUT2D eigenvalue weighted by molar-refractivity contribution is -0.127. The summed E-state index contributed by atoms with van der Waals surface area (Å²) in [7, 11) is 0. The van der Waals surface area contributed by atoms with Gasteiger partial charge in [-0.25, -0.2) is 9.78 Å². The molecule has 2 aliphatic rings. The Morgan fingerprint density at radius 3 is 1.94 bits per heavy atom. The van der Waals surface area contributed by atoms with Crippen molar-refractivity contribution in [2.75, 3.05) is 19.6 Å². The van der Waals surface area contributed by atoms with Crippen LogP contribution in [0.5, 0.6) is 11.6 Å². The molecule has 2 N–H and O–H groups in total. The van der Waals surface area contributed by atoms with E-state index in [0.717, 1.165) is 34.4 Å². The van der Waals surface area contributed by atoms with Gasteiger partial charge in [-0.3, -0.25) is 9.69 Å². The monoisotopic (exact) mass is 720 g/mol. The number of primary amides is 1. The number of hydrogen-bond acceptors (Lipinski definition) is 7. The van der Waals surface area contributed by atoms with Gasteiger partial charge in [0.05, 0.1) is 18.5 Å². The van der Waals surface area contributed by atoms with Crippen molar-refractivity contribution in [1.82, 2.24) is 24.7 Å². The van der Waals surface area contributed by atoms with Gasteiger partial charge in [0.1, 0.15) is 25.2 Å². The van der Waals surface area contributed by atoms with E-state index in [-0.39, 0.29) is 36.5 Å². The summed E-state index contributed by atoms with van der Waals surface area (Å²) in [6.07, 6.45) is 1.46. The summed E-state index contributed by atoms with van der Waals surface area (Å²) < 4.78 is 12.5. The maximum absolute atomic E-state index is 14.0. The highest BCUT2D eigenvalue weighted by Gasteiger charge is 2.40. The van der Waals surface area contributed by atoms with Crippen LogP contribution in [0.2, 0.25) is 0 Å². The van der Waals surface area contributed by atoms with Gasteiger partial charge >= 0.3 is 6.03 Å². The van der Waals surface area contributed by atoms with E-state index in [1.54, 1.807) is 0 Å². The fraction of sp³-hybridized carbons (Fsp3) is 0.273. The third-order valence-electron chi connectivity index (χ3n) is 9.77. The van der Waals surface area contributed by atoms with Gasteiger partial charge in [0.15, 0.2) is 0 Å². The second kappa shape index (κ2) is 16.7. The molecule has 2 saturated heterocycles. The summed E-state index contributed by atoms with van der Waals surface area (Å²) >= 11 is 0. The molecule has 5 aromatic rings. The fourth-order valence-corrected chi connectivity index (χ4v) is 6.80. The number of rotatable bonds is 13. The first-order valence-corrected chi connectivity index (χ1v) is 18.3. The number of nitrogens with two attached hydrogens (primary N) is 1. The molecular formula is C44H44N6O4. The van der Waals surface area contributed by atoms with Crippen LogP contribution in [0.25, 0.3) is 0 Å². The molecule has 3 amide bonds. The van der Waals surface area contributed by atoms with E-state index >= 15 is 0 Å². The number of ether oxygens (including phenoxy) is 2. The highest BCUT2D eigenvalue weighted by Crippen LogP contribution is 2.35. The predicted octanol–water partition coefficient (Wildman–Crippen LogP) is 6.34. The number of aromatic nitrogens is 2. The molecule has 0 radical (unpaired) electrons. The van der Waals surface area contributed by atoms with Gasteiger partial charge in [0.2, 0.25) is 11.7 Å². The third kappa shape index (κ3) is 8.71. The van der Waals surface area contributed by atoms with Crippen LogP contribution >= 0.6 is 0 Å². The Bertz CT molecular complexity index is 2110. The summed E-state index contributed by atoms with van der Waals surface area (Å²) in [4.78, 5) is 40.3. The van der Waals surface area contributed by atoms with Crippen LogP contribution in [-0.2, 0) is 31.1 Å². The van der Waals surface area contributed by atoms with E-state index in [1.807, 2.05) is 109 Å². The summed E-state index contributed by atoms with van der Waals surface area (Å²) in [5.74, 6) is 7.05. The molecule has 0 spiro atoms. The van der Waals surface area contributed by atoms with Gasteiger partial charge in [0, 0.05) is 43.3 Å². The van der Waals surface area contributed by atoms with Crippen LogP contribution < -0.4 is 15.2 Å². The summed E-state index contributed by atoms with van der Waals surface area (Å²) in [6.45, 7) is 7.64. The van der Waals surface area contributed by atoms with E-state index in [4.69, 9.17) is 15.2 Å². The van der Waals surface area contributed by atoms with Crippen LogP contribution in [0.3, 0.4) is 0 Å². The van der Waals surface area contributed by atoms with Crippen molar-refractivity contribution in [3.8, 4) is 23.5 Å². The second-order valence-electron chi connectivity index (χ2n) is 14.0. The van der Waals surface area contributed by atoms with Crippen molar-refractivity contribution in [2.45, 2.75) is 52.2 Å². The van der Waals surface area contributed by atoms with Crippen molar-refractivity contribution < 1.29 is 19.1 Å². The lowest BCUT2D eigenvalue weighted by Gasteiger charge is -2.37. The average Bonchev–Trinajstić information content (AvgIpc) is 3.50. The number of amides is 3. The van der Waals surface area contributed by atoms with E-state index < -0.39 is 0 Å². The second-order valence-corrected chi connectivity index (χ2v) is 14.0. The number of likely N-dealkylation sites (tertiary alicyclic amines) is 1. The maximum Gasteiger partial charge on any atom is 0.321 e. The third-order valence-corrected chi connectivity index (χ3v) is 9.77. The van der Waals surface area contributed by atoms with Gasteiger partial charge in [-0.2, -0.15) is 4.98 Å². The zero-order valence-electron chi connectivity index (χ0n) is 30.6. The summed E-state index contributed by atoms with van der Waals surface area (Å²) in [6, 6.07) is 35.9. The van der Waals surface area contributed by atoms with Crippen molar-refractivity contribution >= 4 is 11.9 Å². The van der Waals surface area contributed by atoms with Crippen molar-refractivity contribution in [2.24, 2.45) is 11.7 Å². The molecule has 54 heavy (non-hydrogen) atoms. The Balaban J connectivity index is 1.04. The number of nitrogens with zero attached hydrogens (tertiary/aromatic N) is 5. The highest BCUT2D eigenvalue weighted by atomic mass is 16.5. The molecule has 10 heteroatoms. The molecule has 1 unspecified atom stereocenters. The zero-order valence-corrected chi connectivity index (χ0v) is 30.6. The standard InChI is InChI=1S/C44H44N6O4/c1-31(2)50-40(37-21-19-33(20-22-37)14-13-32-15-17-34(18-16-32)23-48-24-38(25-48)42(45)51)27-49(44(50)52)26-39-41(53-28-35-9-5-3-6-10-35)43(47-30-46-39)54-29-36-11-7-4-8-12-36/h3-12,15-22,30-31,38,40H,23-29H2,1-2H3,(H2,45,51). The number of hydrogen-bond donors (Lipinski definition) is 1. The molecule has 10 nitrogen and oxygen atoms in total. The Morgan fingerprint density at radius 1 is 0.759 bits per heavy atom. The Labute approximate surface area is 316 Å². The molecule has 274 valence electrons. The maximum atomic E-state index is 14.0. The Hall–Kier alpha value is -6.18. The molecule has 2 aliphatic heterocycles. The summed E-state index contributed by atoms with van der Waals surface area (Å²) in [5, 5.41) is 0. The molecule has 7 rings (SSSR count). The van der Waals surface area contributed by atoms with E-state index in [1.165, 1.54) is 11.9 Å². The average molecular weight is 721 g/mol. The van der Waals surface area contributed by atoms with Crippen LogP contribution in [0, 0.1) is 17.8 Å². The number of urea groups is 1. The molecule has 2 fully saturated rings. The normalized spacial score (nSPS) is 15.8. The van der Waals surface area contributed by atoms with Crippen LogP contribution in [-0.4, -0.2) is 62.3 Å². The molecule has 4 aromatic carbocycles. The Kier molecular flexibility index (Phi) is 11.2. The van der Waals surface area contributed by atoms with Crippen LogP contribution in [0.1, 0.15) is 59.0 Å². The first kappa shape index (κ1) is 36.2. The van der Waals surface area contributed by atoms with Gasteiger partial charge in [0.25, 0.3) is 5.88 Å². The minimum absolute atomic E-state index is 0.0235. The van der Waals surface area contributed by atoms with Crippen molar-refractivity contribution in [1.29, 1.82) is 0 Å². The van der Waals surface area contributed by atoms with E-state index in [9.17, 15) is 9.59 Å². The molecule has 0 aliphatic carbocycles.